The molecule has 2 N–H and O–H groups in total. The number of hydrogen-bond acceptors (Lipinski definition) is 5. The molecule has 22 heavy (non-hydrogen) atoms. The molecule has 1 aromatic heterocycles. The smallest absolute Gasteiger partial charge is 0.244 e. The first-order valence-corrected chi connectivity index (χ1v) is 8.33. The Bertz CT molecular complexity index is 570. The van der Waals surface area contributed by atoms with Crippen LogP contribution < -0.4 is 10.0 Å². The molecule has 0 aliphatic carbocycles. The van der Waals surface area contributed by atoms with Gasteiger partial charge in [-0.25, -0.2) is 13.1 Å². The third-order valence-corrected chi connectivity index (χ3v) is 5.35. The molecule has 7 nitrogen and oxygen atoms in total. The van der Waals surface area contributed by atoms with Crippen LogP contribution in [0.2, 0.25) is 0 Å². The average molecular weight is 374 g/mol. The normalized spacial score (nSPS) is 16.0. The third kappa shape index (κ3) is 5.07. The van der Waals surface area contributed by atoms with Gasteiger partial charge in [-0.3, -0.25) is 9.58 Å². The molecular weight excluding hydrogens is 349 g/mol. The van der Waals surface area contributed by atoms with E-state index in [2.05, 4.69) is 20.0 Å². The molecule has 2 heterocycles. The lowest BCUT2D eigenvalue weighted by molar-refractivity contribution is 0.245. The second kappa shape index (κ2) is 9.05. The zero-order chi connectivity index (χ0) is 14.8. The van der Waals surface area contributed by atoms with Gasteiger partial charge in [0.05, 0.1) is 11.4 Å². The first-order valence-electron chi connectivity index (χ1n) is 6.85. The maximum Gasteiger partial charge on any atom is 0.244 e. The van der Waals surface area contributed by atoms with Crippen molar-refractivity contribution in [1.82, 2.24) is 24.7 Å². The summed E-state index contributed by atoms with van der Waals surface area (Å²) in [6.45, 7) is 8.51. The van der Waals surface area contributed by atoms with Crippen molar-refractivity contribution in [3.63, 3.8) is 0 Å². The van der Waals surface area contributed by atoms with Gasteiger partial charge in [-0.1, -0.05) is 0 Å². The van der Waals surface area contributed by atoms with E-state index in [4.69, 9.17) is 0 Å². The van der Waals surface area contributed by atoms with Gasteiger partial charge in [0.25, 0.3) is 0 Å². The van der Waals surface area contributed by atoms with Crippen molar-refractivity contribution in [1.29, 1.82) is 0 Å². The summed E-state index contributed by atoms with van der Waals surface area (Å²) >= 11 is 0. The zero-order valence-corrected chi connectivity index (χ0v) is 15.6. The highest BCUT2D eigenvalue weighted by atomic mass is 35.5. The number of aryl methyl sites for hydroxylation is 2. The van der Waals surface area contributed by atoms with Gasteiger partial charge < -0.3 is 5.32 Å². The Kier molecular flexibility index (Phi) is 8.89. The van der Waals surface area contributed by atoms with E-state index in [1.807, 2.05) is 0 Å². The largest absolute Gasteiger partial charge is 0.314 e. The number of piperazine rings is 1. The second-order valence-electron chi connectivity index (χ2n) is 5.11. The maximum atomic E-state index is 12.3. The average Bonchev–Trinajstić information content (AvgIpc) is 2.64. The lowest BCUT2D eigenvalue weighted by Crippen LogP contribution is -2.46. The highest BCUT2D eigenvalue weighted by Crippen LogP contribution is 2.17. The zero-order valence-electron chi connectivity index (χ0n) is 13.1. The Balaban J connectivity index is 0.00000220. The molecule has 0 aromatic carbocycles. The standard InChI is InChI=1S/C12H23N5O2S.2ClH/c1-10-12(11(2)16(3)15-10)20(18,19)14-6-9-17-7-4-13-5-8-17;;/h13-14H,4-9H2,1-3H3;2*1H. The summed E-state index contributed by atoms with van der Waals surface area (Å²) in [7, 11) is -1.73. The molecule has 1 aliphatic rings. The van der Waals surface area contributed by atoms with E-state index in [1.165, 1.54) is 0 Å². The van der Waals surface area contributed by atoms with Crippen LogP contribution in [0.15, 0.2) is 4.90 Å². The van der Waals surface area contributed by atoms with E-state index in [9.17, 15) is 8.42 Å². The van der Waals surface area contributed by atoms with Gasteiger partial charge in [-0.2, -0.15) is 5.10 Å². The maximum absolute atomic E-state index is 12.3. The van der Waals surface area contributed by atoms with E-state index in [0.717, 1.165) is 32.7 Å². The van der Waals surface area contributed by atoms with Crippen molar-refractivity contribution in [3.8, 4) is 0 Å². The fraction of sp³-hybridized carbons (Fsp3) is 0.750. The van der Waals surface area contributed by atoms with Crippen LogP contribution in [0.4, 0.5) is 0 Å². The van der Waals surface area contributed by atoms with Crippen LogP contribution in [-0.4, -0.2) is 62.4 Å². The van der Waals surface area contributed by atoms with Crippen molar-refractivity contribution in [2.24, 2.45) is 7.05 Å². The minimum Gasteiger partial charge on any atom is -0.314 e. The van der Waals surface area contributed by atoms with E-state index in [-0.39, 0.29) is 24.8 Å². The van der Waals surface area contributed by atoms with E-state index >= 15 is 0 Å². The van der Waals surface area contributed by atoms with Gasteiger partial charge in [0, 0.05) is 46.3 Å². The third-order valence-electron chi connectivity index (χ3n) is 3.64. The van der Waals surface area contributed by atoms with Crippen molar-refractivity contribution < 1.29 is 8.42 Å². The summed E-state index contributed by atoms with van der Waals surface area (Å²) < 4.78 is 28.9. The molecule has 1 aromatic rings. The first-order chi connectivity index (χ1) is 9.42. The molecule has 0 radical (unpaired) electrons. The van der Waals surface area contributed by atoms with Gasteiger partial charge in [0.1, 0.15) is 4.90 Å². The van der Waals surface area contributed by atoms with Gasteiger partial charge in [0.2, 0.25) is 10.0 Å². The molecule has 10 heteroatoms. The van der Waals surface area contributed by atoms with Gasteiger partial charge in [0.15, 0.2) is 0 Å². The van der Waals surface area contributed by atoms with Crippen LogP contribution in [0.5, 0.6) is 0 Å². The molecule has 1 saturated heterocycles. The molecule has 1 fully saturated rings. The molecular formula is C12H25Cl2N5O2S. The van der Waals surface area contributed by atoms with Crippen molar-refractivity contribution >= 4 is 34.8 Å². The Labute approximate surface area is 144 Å². The van der Waals surface area contributed by atoms with Gasteiger partial charge in [-0.05, 0) is 13.8 Å². The topological polar surface area (TPSA) is 79.3 Å². The van der Waals surface area contributed by atoms with Crippen molar-refractivity contribution in [2.75, 3.05) is 39.3 Å². The van der Waals surface area contributed by atoms with Crippen molar-refractivity contribution in [2.45, 2.75) is 18.7 Å². The Morgan fingerprint density at radius 2 is 1.82 bits per heavy atom. The SMILES string of the molecule is Cc1nn(C)c(C)c1S(=O)(=O)NCCN1CCNCC1.Cl.Cl. The summed E-state index contributed by atoms with van der Waals surface area (Å²) in [5, 5.41) is 7.43. The van der Waals surface area contributed by atoms with Crippen LogP contribution in [0, 0.1) is 13.8 Å². The molecule has 0 spiro atoms. The number of hydrogen-bond donors (Lipinski definition) is 2. The second-order valence-corrected chi connectivity index (χ2v) is 6.82. The lowest BCUT2D eigenvalue weighted by Gasteiger charge is -2.27. The van der Waals surface area contributed by atoms with Crippen LogP contribution >= 0.6 is 24.8 Å². The molecule has 2 rings (SSSR count). The first kappa shape index (κ1) is 21.6. The summed E-state index contributed by atoms with van der Waals surface area (Å²) in [4.78, 5) is 2.56. The Hall–Kier alpha value is -0.380. The Morgan fingerprint density at radius 1 is 1.23 bits per heavy atom. The minimum atomic E-state index is -3.48. The summed E-state index contributed by atoms with van der Waals surface area (Å²) in [6, 6.07) is 0. The Morgan fingerprint density at radius 3 is 2.32 bits per heavy atom. The molecule has 130 valence electrons. The highest BCUT2D eigenvalue weighted by Gasteiger charge is 2.23. The minimum absolute atomic E-state index is 0. The van der Waals surface area contributed by atoms with Crippen LogP contribution in [0.1, 0.15) is 11.4 Å². The number of nitrogens with zero attached hydrogens (tertiary/aromatic N) is 3. The summed E-state index contributed by atoms with van der Waals surface area (Å²) in [5.74, 6) is 0. The number of rotatable bonds is 5. The molecule has 0 atom stereocenters. The molecule has 0 saturated carbocycles. The van der Waals surface area contributed by atoms with Gasteiger partial charge >= 0.3 is 0 Å². The molecule has 0 bridgehead atoms. The molecule has 1 aliphatic heterocycles. The fourth-order valence-electron chi connectivity index (χ4n) is 2.49. The summed E-state index contributed by atoms with van der Waals surface area (Å²) in [5.41, 5.74) is 1.21. The molecule has 0 amide bonds. The predicted octanol–water partition coefficient (Wildman–Crippen LogP) is 0.0640. The number of halogens is 2. The van der Waals surface area contributed by atoms with E-state index in [0.29, 0.717) is 22.8 Å². The van der Waals surface area contributed by atoms with E-state index in [1.54, 1.807) is 25.6 Å². The molecule has 0 unspecified atom stereocenters. The lowest BCUT2D eigenvalue weighted by atomic mass is 10.3. The predicted molar refractivity (Wildman–Crippen MR) is 91.7 cm³/mol. The van der Waals surface area contributed by atoms with Gasteiger partial charge in [-0.15, -0.1) is 24.8 Å². The number of sulfonamides is 1. The fourth-order valence-corrected chi connectivity index (χ4v) is 3.94. The highest BCUT2D eigenvalue weighted by molar-refractivity contribution is 7.89. The van der Waals surface area contributed by atoms with Crippen LogP contribution in [0.3, 0.4) is 0 Å². The quantitative estimate of drug-likeness (QED) is 0.762. The van der Waals surface area contributed by atoms with Crippen LogP contribution in [0.25, 0.3) is 0 Å². The monoisotopic (exact) mass is 373 g/mol. The van der Waals surface area contributed by atoms with E-state index < -0.39 is 10.0 Å². The number of nitrogens with one attached hydrogen (secondary N) is 2. The van der Waals surface area contributed by atoms with Crippen LogP contribution in [-0.2, 0) is 17.1 Å². The number of aromatic nitrogens is 2. The summed E-state index contributed by atoms with van der Waals surface area (Å²) in [6.07, 6.45) is 0. The van der Waals surface area contributed by atoms with Crippen molar-refractivity contribution in [3.05, 3.63) is 11.4 Å².